The lowest BCUT2D eigenvalue weighted by Gasteiger charge is -2.40. The minimum atomic E-state index is -1.56. The average Bonchev–Trinajstić information content (AvgIpc) is 3.25. The van der Waals surface area contributed by atoms with E-state index in [4.69, 9.17) is 9.47 Å². The van der Waals surface area contributed by atoms with Gasteiger partial charge in [-0.05, 0) is 19.3 Å². The lowest BCUT2D eigenvalue weighted by molar-refractivity contribution is -0.302. The molecule has 0 aliphatic carbocycles. The zero-order valence-corrected chi connectivity index (χ0v) is 39.2. The van der Waals surface area contributed by atoms with Crippen molar-refractivity contribution in [3.05, 3.63) is 12.2 Å². The van der Waals surface area contributed by atoms with Crippen LogP contribution in [0.25, 0.3) is 0 Å². The number of rotatable bonds is 44. The van der Waals surface area contributed by atoms with Crippen LogP contribution < -0.4 is 5.32 Å². The number of hydrogen-bond acceptors (Lipinski definition) is 8. The highest BCUT2D eigenvalue weighted by atomic mass is 16.7. The fourth-order valence-electron chi connectivity index (χ4n) is 8.45. The van der Waals surface area contributed by atoms with Crippen LogP contribution in [-0.2, 0) is 14.3 Å². The Kier molecular flexibility index (Phi) is 39.8. The summed E-state index contributed by atoms with van der Waals surface area (Å²) in [6.45, 7) is 3.78. The fraction of sp³-hybridized carbons (Fsp3) is 0.941. The van der Waals surface area contributed by atoms with Crippen molar-refractivity contribution in [1.82, 2.24) is 5.32 Å². The second-order valence-electron chi connectivity index (χ2n) is 18.3. The van der Waals surface area contributed by atoms with Crippen LogP contribution in [0.3, 0.4) is 0 Å². The molecule has 0 aromatic carbocycles. The summed E-state index contributed by atoms with van der Waals surface area (Å²) in [7, 11) is 0. The number of allylic oxidation sites excluding steroid dienone is 1. The van der Waals surface area contributed by atoms with Gasteiger partial charge in [-0.3, -0.25) is 4.79 Å². The van der Waals surface area contributed by atoms with Crippen molar-refractivity contribution in [2.75, 3.05) is 13.2 Å². The molecule has 1 fully saturated rings. The summed E-state index contributed by atoms with van der Waals surface area (Å²) in [5, 5.41) is 54.2. The van der Waals surface area contributed by atoms with Crippen LogP contribution in [0.5, 0.6) is 0 Å². The molecule has 0 aromatic rings. The van der Waals surface area contributed by atoms with E-state index in [0.29, 0.717) is 6.42 Å². The first-order valence-corrected chi connectivity index (χ1v) is 25.9. The van der Waals surface area contributed by atoms with Crippen molar-refractivity contribution in [2.24, 2.45) is 0 Å². The van der Waals surface area contributed by atoms with Gasteiger partial charge in [-0.25, -0.2) is 0 Å². The second kappa shape index (κ2) is 41.9. The first-order valence-electron chi connectivity index (χ1n) is 25.9. The maximum absolute atomic E-state index is 13.0. The van der Waals surface area contributed by atoms with E-state index in [2.05, 4.69) is 19.2 Å². The number of ether oxygens (including phenoxy) is 2. The molecule has 6 N–H and O–H groups in total. The van der Waals surface area contributed by atoms with E-state index in [1.165, 1.54) is 193 Å². The zero-order valence-electron chi connectivity index (χ0n) is 39.2. The van der Waals surface area contributed by atoms with Crippen molar-refractivity contribution in [2.45, 2.75) is 294 Å². The van der Waals surface area contributed by atoms with E-state index in [-0.39, 0.29) is 12.5 Å². The number of hydrogen-bond donors (Lipinski definition) is 6. The molecule has 1 heterocycles. The molecule has 0 spiro atoms. The zero-order chi connectivity index (χ0) is 43.7. The molecule has 356 valence electrons. The number of aliphatic hydroxyl groups is 5. The van der Waals surface area contributed by atoms with Crippen molar-refractivity contribution >= 4 is 5.91 Å². The minimum Gasteiger partial charge on any atom is -0.394 e. The average molecular weight is 854 g/mol. The van der Waals surface area contributed by atoms with Crippen LogP contribution in [0.1, 0.15) is 251 Å². The molecule has 7 atom stereocenters. The Morgan fingerprint density at radius 3 is 1.30 bits per heavy atom. The standard InChI is InChI=1S/C51H99NO8/c1-3-5-7-9-11-13-15-16-17-18-19-20-21-22-23-24-25-26-27-28-29-31-33-35-37-39-41-47(55)52-44(43-59-51-50(58)49(57)48(56)46(42-53)60-51)45(54)40-38-36-34-32-30-14-12-10-8-6-4-2/h38,40,44-46,48-51,53-54,56-58H,3-37,39,41-43H2,1-2H3,(H,52,55)/b40-38+/t44-,45+,46+,48+,49?,50?,51+/m0/s1. The summed E-state index contributed by atoms with van der Waals surface area (Å²) in [6.07, 6.45) is 42.8. The summed E-state index contributed by atoms with van der Waals surface area (Å²) < 4.78 is 11.2. The first-order chi connectivity index (χ1) is 29.3. The lowest BCUT2D eigenvalue weighted by Crippen LogP contribution is -2.60. The molecular weight excluding hydrogens is 755 g/mol. The smallest absolute Gasteiger partial charge is 0.220 e. The molecule has 0 saturated carbocycles. The Bertz CT molecular complexity index is 950. The van der Waals surface area contributed by atoms with E-state index in [0.717, 1.165) is 38.5 Å². The van der Waals surface area contributed by atoms with Crippen molar-refractivity contribution < 1.29 is 39.8 Å². The highest BCUT2D eigenvalue weighted by molar-refractivity contribution is 5.76. The number of carbonyl (C=O) groups is 1. The largest absolute Gasteiger partial charge is 0.394 e. The monoisotopic (exact) mass is 854 g/mol. The Hall–Kier alpha value is -1.07. The normalized spacial score (nSPS) is 20.6. The van der Waals surface area contributed by atoms with Gasteiger partial charge in [-0.15, -0.1) is 0 Å². The van der Waals surface area contributed by atoms with Gasteiger partial charge in [0.25, 0.3) is 0 Å². The summed E-state index contributed by atoms with van der Waals surface area (Å²) >= 11 is 0. The molecule has 2 unspecified atom stereocenters. The SMILES string of the molecule is CCCCCCCCCCC/C=C/[C@@H](O)[C@H](CO[C@@H]1O[C@H](CO)[C@@H](O)C(O)C1O)NC(=O)CCCCCCCCCCCCCCCCCCCCCCCCCCCC. The van der Waals surface area contributed by atoms with E-state index in [1.54, 1.807) is 6.08 Å². The van der Waals surface area contributed by atoms with E-state index in [9.17, 15) is 30.3 Å². The third kappa shape index (κ3) is 31.7. The molecular formula is C51H99NO8. The van der Waals surface area contributed by atoms with Gasteiger partial charge >= 0.3 is 0 Å². The molecule has 0 aromatic heterocycles. The Labute approximate surface area is 369 Å². The van der Waals surface area contributed by atoms with Gasteiger partial charge in [-0.1, -0.05) is 238 Å². The molecule has 1 aliphatic rings. The summed E-state index contributed by atoms with van der Waals surface area (Å²) in [4.78, 5) is 13.0. The predicted molar refractivity (Wildman–Crippen MR) is 249 cm³/mol. The van der Waals surface area contributed by atoms with E-state index < -0.39 is 49.5 Å². The van der Waals surface area contributed by atoms with Gasteiger partial charge < -0.3 is 40.3 Å². The third-order valence-electron chi connectivity index (χ3n) is 12.6. The first kappa shape index (κ1) is 56.9. The van der Waals surface area contributed by atoms with Gasteiger partial charge in [0.15, 0.2) is 6.29 Å². The third-order valence-corrected chi connectivity index (χ3v) is 12.6. The summed E-state index contributed by atoms with van der Waals surface area (Å²) in [5.74, 6) is -0.173. The molecule has 0 radical (unpaired) electrons. The van der Waals surface area contributed by atoms with Crippen molar-refractivity contribution in [1.29, 1.82) is 0 Å². The second-order valence-corrected chi connectivity index (χ2v) is 18.3. The Morgan fingerprint density at radius 2 is 0.917 bits per heavy atom. The van der Waals surface area contributed by atoms with Crippen LogP contribution in [0.2, 0.25) is 0 Å². The molecule has 0 bridgehead atoms. The van der Waals surface area contributed by atoms with E-state index >= 15 is 0 Å². The van der Waals surface area contributed by atoms with E-state index in [1.807, 2.05) is 6.08 Å². The van der Waals surface area contributed by atoms with Gasteiger partial charge in [-0.2, -0.15) is 0 Å². The highest BCUT2D eigenvalue weighted by Crippen LogP contribution is 2.23. The quantitative estimate of drug-likeness (QED) is 0.0262. The molecule has 1 saturated heterocycles. The predicted octanol–water partition coefficient (Wildman–Crippen LogP) is 11.7. The van der Waals surface area contributed by atoms with Gasteiger partial charge in [0.05, 0.1) is 25.4 Å². The Balaban J connectivity index is 2.17. The summed E-state index contributed by atoms with van der Waals surface area (Å²) in [5.41, 5.74) is 0. The van der Waals surface area contributed by atoms with Gasteiger partial charge in [0, 0.05) is 6.42 Å². The topological polar surface area (TPSA) is 149 Å². The molecule has 9 heteroatoms. The molecule has 9 nitrogen and oxygen atoms in total. The van der Waals surface area contributed by atoms with Gasteiger partial charge in [0.1, 0.15) is 24.4 Å². The lowest BCUT2D eigenvalue weighted by atomic mass is 9.99. The maximum atomic E-state index is 13.0. The van der Waals surface area contributed by atoms with Crippen LogP contribution in [0.15, 0.2) is 12.2 Å². The Morgan fingerprint density at radius 1 is 0.550 bits per heavy atom. The minimum absolute atomic E-state index is 0.173. The number of carbonyl (C=O) groups excluding carboxylic acids is 1. The number of nitrogens with one attached hydrogen (secondary N) is 1. The number of unbranched alkanes of at least 4 members (excludes halogenated alkanes) is 34. The van der Waals surface area contributed by atoms with Crippen LogP contribution in [0, 0.1) is 0 Å². The van der Waals surface area contributed by atoms with Crippen LogP contribution in [0.4, 0.5) is 0 Å². The number of aliphatic hydroxyl groups excluding tert-OH is 5. The summed E-state index contributed by atoms with van der Waals surface area (Å²) in [6, 6.07) is -0.798. The van der Waals surface area contributed by atoms with Crippen molar-refractivity contribution in [3.63, 3.8) is 0 Å². The van der Waals surface area contributed by atoms with Crippen LogP contribution >= 0.6 is 0 Å². The molecule has 1 rings (SSSR count). The van der Waals surface area contributed by atoms with Gasteiger partial charge in [0.2, 0.25) is 5.91 Å². The highest BCUT2D eigenvalue weighted by Gasteiger charge is 2.44. The maximum Gasteiger partial charge on any atom is 0.220 e. The molecule has 60 heavy (non-hydrogen) atoms. The van der Waals surface area contributed by atoms with Crippen molar-refractivity contribution in [3.8, 4) is 0 Å². The van der Waals surface area contributed by atoms with Crippen LogP contribution in [-0.4, -0.2) is 87.5 Å². The molecule has 1 amide bonds. The number of amides is 1. The molecule has 1 aliphatic heterocycles. The fourth-order valence-corrected chi connectivity index (χ4v) is 8.45.